The van der Waals surface area contributed by atoms with Gasteiger partial charge in [-0.2, -0.15) is 0 Å². The average molecular weight is 457 g/mol. The van der Waals surface area contributed by atoms with E-state index in [0.717, 1.165) is 18.9 Å². The van der Waals surface area contributed by atoms with Crippen LogP contribution in [0, 0.1) is 11.6 Å². The predicted octanol–water partition coefficient (Wildman–Crippen LogP) is 4.94. The maximum absolute atomic E-state index is 13.6. The van der Waals surface area contributed by atoms with E-state index < -0.39 is 11.6 Å². The quantitative estimate of drug-likeness (QED) is 0.526. The molecule has 1 fully saturated rings. The van der Waals surface area contributed by atoms with Crippen LogP contribution in [0.5, 0.6) is 0 Å². The van der Waals surface area contributed by atoms with Crippen molar-refractivity contribution in [2.24, 2.45) is 0 Å². The number of hydrogen-bond donors (Lipinski definition) is 2. The second-order valence-corrected chi connectivity index (χ2v) is 10.1. The molecule has 0 spiro atoms. The Hall–Kier alpha value is -2.60. The fourth-order valence-corrected chi connectivity index (χ4v) is 4.65. The molecule has 0 saturated heterocycles. The Kier molecular flexibility index (Phi) is 8.01. The molecule has 0 aliphatic heterocycles. The van der Waals surface area contributed by atoms with Crippen LogP contribution < -0.4 is 10.6 Å². The molecule has 1 saturated carbocycles. The van der Waals surface area contributed by atoms with E-state index in [0.29, 0.717) is 44.2 Å². The number of carbonyl (C=O) groups excluding carboxylic acids is 2. The molecule has 2 aromatic rings. The smallest absolute Gasteiger partial charge is 0.207 e. The minimum absolute atomic E-state index is 0.0148. The number of carbonyl (C=O) groups is 2. The zero-order valence-corrected chi connectivity index (χ0v) is 19.7. The Balaban J connectivity index is 1.75. The summed E-state index contributed by atoms with van der Waals surface area (Å²) in [5.41, 5.74) is 2.62. The van der Waals surface area contributed by atoms with Crippen LogP contribution in [0.4, 0.5) is 8.78 Å². The molecular formula is C27H34F2N2O2. The van der Waals surface area contributed by atoms with E-state index >= 15 is 0 Å². The van der Waals surface area contributed by atoms with Crippen molar-refractivity contribution in [2.75, 3.05) is 6.54 Å². The molecule has 0 unspecified atom stereocenters. The lowest BCUT2D eigenvalue weighted by Gasteiger charge is -2.39. The molecule has 0 aromatic heterocycles. The summed E-state index contributed by atoms with van der Waals surface area (Å²) in [6, 6.07) is 11.7. The summed E-state index contributed by atoms with van der Waals surface area (Å²) >= 11 is 0. The Morgan fingerprint density at radius 3 is 2.33 bits per heavy atom. The third-order valence-corrected chi connectivity index (χ3v) is 6.61. The molecule has 0 radical (unpaired) electrons. The van der Waals surface area contributed by atoms with Crippen LogP contribution in [0.15, 0.2) is 42.5 Å². The molecule has 3 rings (SSSR count). The lowest BCUT2D eigenvalue weighted by atomic mass is 9.74. The van der Waals surface area contributed by atoms with Crippen molar-refractivity contribution >= 4 is 12.2 Å². The van der Waals surface area contributed by atoms with Gasteiger partial charge in [0.15, 0.2) is 0 Å². The van der Waals surface area contributed by atoms with Crippen molar-refractivity contribution < 1.29 is 18.4 Å². The minimum atomic E-state index is -0.627. The Morgan fingerprint density at radius 1 is 1.06 bits per heavy atom. The van der Waals surface area contributed by atoms with Crippen LogP contribution in [-0.2, 0) is 27.0 Å². The van der Waals surface area contributed by atoms with Crippen LogP contribution in [0.2, 0.25) is 0 Å². The van der Waals surface area contributed by atoms with E-state index in [4.69, 9.17) is 0 Å². The number of hydrogen-bond acceptors (Lipinski definition) is 3. The first-order valence-electron chi connectivity index (χ1n) is 11.6. The molecule has 33 heavy (non-hydrogen) atoms. The van der Waals surface area contributed by atoms with Gasteiger partial charge >= 0.3 is 0 Å². The first kappa shape index (κ1) is 25.0. The van der Waals surface area contributed by atoms with Gasteiger partial charge in [0.05, 0.1) is 0 Å². The van der Waals surface area contributed by atoms with Gasteiger partial charge in [-0.3, -0.25) is 9.59 Å². The summed E-state index contributed by atoms with van der Waals surface area (Å²) in [6.45, 7) is 7.14. The molecule has 0 heterocycles. The summed E-state index contributed by atoms with van der Waals surface area (Å²) < 4.78 is 27.2. The van der Waals surface area contributed by atoms with Gasteiger partial charge in [-0.05, 0) is 66.5 Å². The van der Waals surface area contributed by atoms with Gasteiger partial charge in [-0.25, -0.2) is 8.78 Å². The van der Waals surface area contributed by atoms with Gasteiger partial charge in [-0.15, -0.1) is 0 Å². The highest BCUT2D eigenvalue weighted by Crippen LogP contribution is 2.37. The van der Waals surface area contributed by atoms with Crippen LogP contribution >= 0.6 is 0 Å². The molecule has 1 amide bonds. The molecule has 1 aliphatic rings. The maximum Gasteiger partial charge on any atom is 0.207 e. The van der Waals surface area contributed by atoms with Gasteiger partial charge < -0.3 is 10.6 Å². The van der Waals surface area contributed by atoms with Crippen molar-refractivity contribution in [3.05, 3.63) is 70.8 Å². The third kappa shape index (κ3) is 6.70. The number of benzene rings is 2. The Bertz CT molecular complexity index is 954. The van der Waals surface area contributed by atoms with Crippen LogP contribution in [0.25, 0.3) is 0 Å². The van der Waals surface area contributed by atoms with Crippen LogP contribution in [-0.4, -0.2) is 24.8 Å². The second kappa shape index (κ2) is 10.6. The molecule has 0 bridgehead atoms. The van der Waals surface area contributed by atoms with E-state index in [1.807, 2.05) is 0 Å². The molecule has 1 atom stereocenters. The van der Waals surface area contributed by atoms with Crippen molar-refractivity contribution in [1.29, 1.82) is 0 Å². The number of Topliss-reactive ketones (excluding diaryl/α,β-unsaturated/α-hetero) is 1. The van der Waals surface area contributed by atoms with Gasteiger partial charge in [0.1, 0.15) is 17.4 Å². The minimum Gasteiger partial charge on any atom is -0.356 e. The topological polar surface area (TPSA) is 58.2 Å². The number of halogens is 2. The summed E-state index contributed by atoms with van der Waals surface area (Å²) in [4.78, 5) is 23.1. The van der Waals surface area contributed by atoms with Crippen molar-refractivity contribution in [1.82, 2.24) is 10.6 Å². The largest absolute Gasteiger partial charge is 0.356 e. The van der Waals surface area contributed by atoms with E-state index in [-0.39, 0.29) is 22.8 Å². The molecule has 2 aromatic carbocycles. The molecule has 178 valence electrons. The second-order valence-electron chi connectivity index (χ2n) is 10.1. The highest BCUT2D eigenvalue weighted by atomic mass is 19.1. The van der Waals surface area contributed by atoms with Gasteiger partial charge in [-0.1, -0.05) is 45.0 Å². The fourth-order valence-electron chi connectivity index (χ4n) is 4.65. The molecular weight excluding hydrogens is 422 g/mol. The maximum atomic E-state index is 13.6. The Morgan fingerprint density at radius 2 is 1.73 bits per heavy atom. The standard InChI is InChI=1S/C27H34F2N2O2/c1-26(2,3)20-5-4-6-21(16-20)27(10-7-25(33)8-11-27)31-12-9-24(30-18-32)15-19-13-22(28)17-23(29)14-19/h4-6,13-14,16-18,24,31H,7-12,15H2,1-3H3,(H,30,32)/t24-/m1/s1. The summed E-state index contributed by atoms with van der Waals surface area (Å²) in [5.74, 6) is -0.969. The Labute approximate surface area is 195 Å². The van der Waals surface area contributed by atoms with E-state index in [1.165, 1.54) is 23.3 Å². The number of amides is 1. The number of rotatable bonds is 9. The SMILES string of the molecule is CC(C)(C)c1cccc(C2(NCC[C@H](Cc3cc(F)cc(F)c3)NC=O)CCC(=O)CC2)c1. The van der Waals surface area contributed by atoms with E-state index in [9.17, 15) is 18.4 Å². The summed E-state index contributed by atoms with van der Waals surface area (Å²) in [5, 5.41) is 6.47. The summed E-state index contributed by atoms with van der Waals surface area (Å²) in [7, 11) is 0. The average Bonchev–Trinajstić information content (AvgIpc) is 2.74. The van der Waals surface area contributed by atoms with E-state index in [2.05, 4.69) is 55.7 Å². The lowest BCUT2D eigenvalue weighted by molar-refractivity contribution is -0.121. The molecule has 6 heteroatoms. The van der Waals surface area contributed by atoms with Gasteiger partial charge in [0.2, 0.25) is 6.41 Å². The fraction of sp³-hybridized carbons (Fsp3) is 0.481. The molecule has 4 nitrogen and oxygen atoms in total. The van der Waals surface area contributed by atoms with E-state index in [1.54, 1.807) is 0 Å². The highest BCUT2D eigenvalue weighted by molar-refractivity contribution is 5.79. The summed E-state index contributed by atoms with van der Waals surface area (Å²) in [6.07, 6.45) is 4.06. The highest BCUT2D eigenvalue weighted by Gasteiger charge is 2.36. The number of ketones is 1. The third-order valence-electron chi connectivity index (χ3n) is 6.61. The van der Waals surface area contributed by atoms with Crippen LogP contribution in [0.3, 0.4) is 0 Å². The van der Waals surface area contributed by atoms with Crippen molar-refractivity contribution in [3.8, 4) is 0 Å². The first-order valence-corrected chi connectivity index (χ1v) is 11.6. The van der Waals surface area contributed by atoms with Crippen LogP contribution in [0.1, 0.15) is 69.6 Å². The zero-order chi connectivity index (χ0) is 24.1. The number of nitrogens with one attached hydrogen (secondary N) is 2. The zero-order valence-electron chi connectivity index (χ0n) is 19.7. The van der Waals surface area contributed by atoms with Crippen molar-refractivity contribution in [3.63, 3.8) is 0 Å². The molecule has 1 aliphatic carbocycles. The van der Waals surface area contributed by atoms with Crippen molar-refractivity contribution in [2.45, 2.75) is 76.3 Å². The monoisotopic (exact) mass is 456 g/mol. The van der Waals surface area contributed by atoms with Gasteiger partial charge in [0, 0.05) is 30.5 Å². The normalized spacial score (nSPS) is 16.9. The first-order chi connectivity index (χ1) is 15.6. The molecule has 2 N–H and O–H groups in total. The van der Waals surface area contributed by atoms with Gasteiger partial charge in [0.25, 0.3) is 0 Å². The lowest BCUT2D eigenvalue weighted by Crippen LogP contribution is -2.47. The predicted molar refractivity (Wildman–Crippen MR) is 126 cm³/mol.